The van der Waals surface area contributed by atoms with Gasteiger partial charge in [-0.15, -0.1) is 0 Å². The van der Waals surface area contributed by atoms with Crippen LogP contribution in [0, 0.1) is 6.92 Å². The van der Waals surface area contributed by atoms with E-state index in [4.69, 9.17) is 11.6 Å². The molecule has 0 bridgehead atoms. The number of halogens is 1. The fourth-order valence-corrected chi connectivity index (χ4v) is 2.17. The van der Waals surface area contributed by atoms with Crippen LogP contribution in [0.1, 0.15) is 5.56 Å². The van der Waals surface area contributed by atoms with Gasteiger partial charge < -0.3 is 0 Å². The van der Waals surface area contributed by atoms with E-state index >= 15 is 0 Å². The molecule has 0 saturated heterocycles. The standard InChI is InChI=1S/C15H12ClN3/c1-10-8-12(2-3-14(10)16)15-13(9-18-19-15)11-4-6-17-7-5-11/h2-9H,1H3,(H,18,19). The predicted octanol–water partition coefficient (Wildman–Crippen LogP) is 4.10. The quantitative estimate of drug-likeness (QED) is 0.761. The molecule has 0 unspecified atom stereocenters. The summed E-state index contributed by atoms with van der Waals surface area (Å²) >= 11 is 6.06. The molecule has 3 rings (SSSR count). The highest BCUT2D eigenvalue weighted by atomic mass is 35.5. The Morgan fingerprint density at radius 3 is 2.58 bits per heavy atom. The van der Waals surface area contributed by atoms with Crippen LogP contribution in [-0.4, -0.2) is 15.2 Å². The number of nitrogens with one attached hydrogen (secondary N) is 1. The van der Waals surface area contributed by atoms with Gasteiger partial charge in [0.25, 0.3) is 0 Å². The van der Waals surface area contributed by atoms with Crippen molar-refractivity contribution in [2.24, 2.45) is 0 Å². The first-order chi connectivity index (χ1) is 9.25. The van der Waals surface area contributed by atoms with E-state index in [0.29, 0.717) is 0 Å². The summed E-state index contributed by atoms with van der Waals surface area (Å²) in [5, 5.41) is 7.97. The van der Waals surface area contributed by atoms with E-state index in [1.54, 1.807) is 12.4 Å². The van der Waals surface area contributed by atoms with Crippen LogP contribution in [0.25, 0.3) is 22.4 Å². The van der Waals surface area contributed by atoms with Gasteiger partial charge in [0.05, 0.1) is 11.9 Å². The van der Waals surface area contributed by atoms with Gasteiger partial charge >= 0.3 is 0 Å². The molecule has 0 spiro atoms. The van der Waals surface area contributed by atoms with Crippen molar-refractivity contribution in [3.63, 3.8) is 0 Å². The minimum Gasteiger partial charge on any atom is -0.277 e. The largest absolute Gasteiger partial charge is 0.277 e. The molecule has 0 aliphatic rings. The second kappa shape index (κ2) is 4.86. The van der Waals surface area contributed by atoms with E-state index in [1.165, 1.54) is 0 Å². The average Bonchev–Trinajstić information content (AvgIpc) is 2.92. The Morgan fingerprint density at radius 2 is 1.84 bits per heavy atom. The molecule has 0 saturated carbocycles. The molecule has 0 atom stereocenters. The molecule has 1 N–H and O–H groups in total. The molecule has 2 aromatic heterocycles. The van der Waals surface area contributed by atoms with Crippen LogP contribution in [-0.2, 0) is 0 Å². The normalized spacial score (nSPS) is 10.6. The fraction of sp³-hybridized carbons (Fsp3) is 0.0667. The van der Waals surface area contributed by atoms with E-state index < -0.39 is 0 Å². The lowest BCUT2D eigenvalue weighted by Crippen LogP contribution is -1.85. The van der Waals surface area contributed by atoms with E-state index in [9.17, 15) is 0 Å². The second-order valence-corrected chi connectivity index (χ2v) is 4.77. The molecule has 0 aliphatic heterocycles. The van der Waals surface area contributed by atoms with Crippen LogP contribution < -0.4 is 0 Å². The Morgan fingerprint density at radius 1 is 1.05 bits per heavy atom. The zero-order valence-electron chi connectivity index (χ0n) is 10.4. The highest BCUT2D eigenvalue weighted by Crippen LogP contribution is 2.31. The number of aromatic nitrogens is 3. The summed E-state index contributed by atoms with van der Waals surface area (Å²) in [6.45, 7) is 1.99. The van der Waals surface area contributed by atoms with E-state index in [2.05, 4.69) is 21.2 Å². The van der Waals surface area contributed by atoms with Gasteiger partial charge in [-0.05, 0) is 42.3 Å². The van der Waals surface area contributed by atoms with Crippen LogP contribution >= 0.6 is 11.6 Å². The molecule has 1 aromatic carbocycles. The predicted molar refractivity (Wildman–Crippen MR) is 77.0 cm³/mol. The number of pyridine rings is 1. The lowest BCUT2D eigenvalue weighted by molar-refractivity contribution is 1.09. The number of aryl methyl sites for hydroxylation is 1. The van der Waals surface area contributed by atoms with Gasteiger partial charge in [-0.3, -0.25) is 10.1 Å². The number of hydrogen-bond donors (Lipinski definition) is 1. The molecule has 0 radical (unpaired) electrons. The lowest BCUT2D eigenvalue weighted by atomic mass is 10.0. The maximum Gasteiger partial charge on any atom is 0.0728 e. The molecule has 19 heavy (non-hydrogen) atoms. The smallest absolute Gasteiger partial charge is 0.0728 e. The Kier molecular flexibility index (Phi) is 3.05. The third-order valence-electron chi connectivity index (χ3n) is 3.08. The fourth-order valence-electron chi connectivity index (χ4n) is 2.06. The third kappa shape index (κ3) is 2.25. The van der Waals surface area contributed by atoms with Crippen molar-refractivity contribution in [3.8, 4) is 22.4 Å². The summed E-state index contributed by atoms with van der Waals surface area (Å²) in [7, 11) is 0. The van der Waals surface area contributed by atoms with Crippen molar-refractivity contribution in [2.45, 2.75) is 6.92 Å². The first kappa shape index (κ1) is 11.9. The summed E-state index contributed by atoms with van der Waals surface area (Å²) in [5.41, 5.74) is 5.27. The van der Waals surface area contributed by atoms with Crippen LogP contribution in [0.2, 0.25) is 5.02 Å². The topological polar surface area (TPSA) is 41.6 Å². The van der Waals surface area contributed by atoms with Crippen molar-refractivity contribution < 1.29 is 0 Å². The van der Waals surface area contributed by atoms with Crippen LogP contribution in [0.3, 0.4) is 0 Å². The van der Waals surface area contributed by atoms with Gasteiger partial charge in [-0.2, -0.15) is 5.10 Å². The number of rotatable bonds is 2. The zero-order chi connectivity index (χ0) is 13.2. The molecule has 3 nitrogen and oxygen atoms in total. The number of benzene rings is 1. The Labute approximate surface area is 116 Å². The van der Waals surface area contributed by atoms with Crippen molar-refractivity contribution in [1.29, 1.82) is 0 Å². The van der Waals surface area contributed by atoms with Gasteiger partial charge in [-0.1, -0.05) is 17.7 Å². The Hall–Kier alpha value is -2.13. The van der Waals surface area contributed by atoms with Crippen LogP contribution in [0.4, 0.5) is 0 Å². The molecule has 0 aliphatic carbocycles. The first-order valence-electron chi connectivity index (χ1n) is 5.96. The SMILES string of the molecule is Cc1cc(-c2[nH]ncc2-c2ccncc2)ccc1Cl. The van der Waals surface area contributed by atoms with E-state index in [-0.39, 0.29) is 0 Å². The second-order valence-electron chi connectivity index (χ2n) is 4.36. The van der Waals surface area contributed by atoms with E-state index in [1.807, 2.05) is 37.4 Å². The Balaban J connectivity index is 2.12. The van der Waals surface area contributed by atoms with Crippen molar-refractivity contribution in [3.05, 3.63) is 59.5 Å². The Bertz CT molecular complexity index is 704. The van der Waals surface area contributed by atoms with Crippen LogP contribution in [0.15, 0.2) is 48.9 Å². The molecule has 3 aromatic rings. The number of aromatic amines is 1. The van der Waals surface area contributed by atoms with Gasteiger partial charge in [0, 0.05) is 28.5 Å². The lowest BCUT2D eigenvalue weighted by Gasteiger charge is -2.05. The maximum atomic E-state index is 6.06. The maximum absolute atomic E-state index is 6.06. The van der Waals surface area contributed by atoms with Crippen molar-refractivity contribution >= 4 is 11.6 Å². The van der Waals surface area contributed by atoms with Crippen molar-refractivity contribution in [2.75, 3.05) is 0 Å². The van der Waals surface area contributed by atoms with Gasteiger partial charge in [-0.25, -0.2) is 0 Å². The molecular weight excluding hydrogens is 258 g/mol. The number of nitrogens with zero attached hydrogens (tertiary/aromatic N) is 2. The summed E-state index contributed by atoms with van der Waals surface area (Å²) in [6.07, 6.45) is 5.38. The molecule has 94 valence electrons. The monoisotopic (exact) mass is 269 g/mol. The summed E-state index contributed by atoms with van der Waals surface area (Å²) in [5.74, 6) is 0. The van der Waals surface area contributed by atoms with E-state index in [0.717, 1.165) is 33.0 Å². The minimum atomic E-state index is 0.772. The van der Waals surface area contributed by atoms with Crippen molar-refractivity contribution in [1.82, 2.24) is 15.2 Å². The summed E-state index contributed by atoms with van der Waals surface area (Å²) in [4.78, 5) is 4.04. The van der Waals surface area contributed by atoms with Crippen LogP contribution in [0.5, 0.6) is 0 Å². The molecular formula is C15H12ClN3. The molecule has 0 fully saturated rings. The third-order valence-corrected chi connectivity index (χ3v) is 3.50. The minimum absolute atomic E-state index is 0.772. The summed E-state index contributed by atoms with van der Waals surface area (Å²) < 4.78 is 0. The van der Waals surface area contributed by atoms with Gasteiger partial charge in [0.1, 0.15) is 0 Å². The molecule has 2 heterocycles. The highest BCUT2D eigenvalue weighted by Gasteiger charge is 2.10. The number of H-pyrrole nitrogens is 1. The average molecular weight is 270 g/mol. The van der Waals surface area contributed by atoms with Gasteiger partial charge in [0.2, 0.25) is 0 Å². The zero-order valence-corrected chi connectivity index (χ0v) is 11.1. The first-order valence-corrected chi connectivity index (χ1v) is 6.34. The molecule has 4 heteroatoms. The summed E-state index contributed by atoms with van der Waals surface area (Å²) in [6, 6.07) is 9.89. The van der Waals surface area contributed by atoms with Gasteiger partial charge in [0.15, 0.2) is 0 Å². The number of hydrogen-bond acceptors (Lipinski definition) is 2. The molecule has 0 amide bonds. The highest BCUT2D eigenvalue weighted by molar-refractivity contribution is 6.31.